The van der Waals surface area contributed by atoms with Gasteiger partial charge < -0.3 is 4.74 Å². The fraction of sp³-hybridized carbons (Fsp3) is 0.409. The van der Waals surface area contributed by atoms with Crippen LogP contribution in [0.2, 0.25) is 0 Å². The molecule has 1 atom stereocenters. The molecular formula is C22H23BrN2O. The third-order valence-corrected chi connectivity index (χ3v) is 6.47. The van der Waals surface area contributed by atoms with Crippen molar-refractivity contribution in [3.63, 3.8) is 0 Å². The Morgan fingerprint density at radius 2 is 1.85 bits per heavy atom. The summed E-state index contributed by atoms with van der Waals surface area (Å²) in [4.78, 5) is 0. The Hall–Kier alpha value is -1.81. The number of rotatable bonds is 1. The van der Waals surface area contributed by atoms with Crippen molar-refractivity contribution >= 4 is 21.6 Å². The van der Waals surface area contributed by atoms with Gasteiger partial charge in [0, 0.05) is 29.3 Å². The minimum absolute atomic E-state index is 0.268. The lowest BCUT2D eigenvalue weighted by molar-refractivity contribution is -0.140. The van der Waals surface area contributed by atoms with Crippen LogP contribution in [-0.4, -0.2) is 16.4 Å². The Labute approximate surface area is 163 Å². The van der Waals surface area contributed by atoms with Crippen LogP contribution in [0.25, 0.3) is 0 Å². The minimum Gasteiger partial charge on any atom is -0.466 e. The van der Waals surface area contributed by atoms with Crippen LogP contribution in [0.15, 0.2) is 52.0 Å². The molecule has 5 rings (SSSR count). The predicted octanol–water partition coefficient (Wildman–Crippen LogP) is 5.96. The van der Waals surface area contributed by atoms with E-state index >= 15 is 0 Å². The highest BCUT2D eigenvalue weighted by molar-refractivity contribution is 9.10. The van der Waals surface area contributed by atoms with E-state index in [-0.39, 0.29) is 11.8 Å². The summed E-state index contributed by atoms with van der Waals surface area (Å²) >= 11 is 3.63. The van der Waals surface area contributed by atoms with Crippen molar-refractivity contribution in [3.8, 4) is 5.75 Å². The molecule has 3 aliphatic rings. The van der Waals surface area contributed by atoms with Crippen molar-refractivity contribution < 1.29 is 4.74 Å². The first-order valence-corrected chi connectivity index (χ1v) is 10.4. The van der Waals surface area contributed by atoms with Crippen molar-refractivity contribution in [2.45, 2.75) is 57.2 Å². The number of halogens is 1. The van der Waals surface area contributed by atoms with Gasteiger partial charge in [-0.25, -0.2) is 5.01 Å². The summed E-state index contributed by atoms with van der Waals surface area (Å²) in [6.45, 7) is 2.13. The van der Waals surface area contributed by atoms with Gasteiger partial charge in [-0.05, 0) is 43.5 Å². The molecule has 134 valence electrons. The Bertz CT molecular complexity index is 868. The summed E-state index contributed by atoms with van der Waals surface area (Å²) in [5, 5.41) is 7.43. The van der Waals surface area contributed by atoms with Gasteiger partial charge in [-0.1, -0.05) is 52.2 Å². The third-order valence-electron chi connectivity index (χ3n) is 5.98. The smallest absolute Gasteiger partial charge is 0.198 e. The van der Waals surface area contributed by atoms with Crippen LogP contribution in [0.4, 0.5) is 0 Å². The van der Waals surface area contributed by atoms with E-state index in [0.717, 1.165) is 29.5 Å². The average Bonchev–Trinajstić information content (AvgIpc) is 3.11. The monoisotopic (exact) mass is 410 g/mol. The van der Waals surface area contributed by atoms with Gasteiger partial charge in [0.15, 0.2) is 5.72 Å². The van der Waals surface area contributed by atoms with Gasteiger partial charge in [0.2, 0.25) is 0 Å². The van der Waals surface area contributed by atoms with Crippen molar-refractivity contribution in [2.75, 3.05) is 0 Å². The molecule has 0 amide bonds. The van der Waals surface area contributed by atoms with E-state index in [0.29, 0.717) is 0 Å². The molecule has 4 heteroatoms. The number of aryl methyl sites for hydroxylation is 1. The fourth-order valence-electron chi connectivity index (χ4n) is 4.61. The fourth-order valence-corrected chi connectivity index (χ4v) is 4.99. The van der Waals surface area contributed by atoms with Gasteiger partial charge >= 0.3 is 0 Å². The zero-order chi connectivity index (χ0) is 17.7. The van der Waals surface area contributed by atoms with E-state index in [1.54, 1.807) is 0 Å². The molecule has 2 heterocycles. The van der Waals surface area contributed by atoms with Gasteiger partial charge in [-0.3, -0.25) is 0 Å². The Morgan fingerprint density at radius 1 is 1.08 bits per heavy atom. The molecule has 3 nitrogen and oxygen atoms in total. The topological polar surface area (TPSA) is 24.8 Å². The third kappa shape index (κ3) is 2.58. The zero-order valence-electron chi connectivity index (χ0n) is 15.0. The lowest BCUT2D eigenvalue weighted by Gasteiger charge is -2.49. The van der Waals surface area contributed by atoms with Gasteiger partial charge in [0.05, 0.1) is 11.8 Å². The molecule has 0 bridgehead atoms. The van der Waals surface area contributed by atoms with Crippen LogP contribution in [0, 0.1) is 6.92 Å². The Kier molecular flexibility index (Phi) is 3.85. The van der Waals surface area contributed by atoms with Crippen molar-refractivity contribution in [2.24, 2.45) is 5.10 Å². The van der Waals surface area contributed by atoms with Gasteiger partial charge in [0.25, 0.3) is 0 Å². The molecule has 1 spiro atoms. The average molecular weight is 411 g/mol. The van der Waals surface area contributed by atoms with E-state index in [2.05, 4.69) is 70.3 Å². The summed E-state index contributed by atoms with van der Waals surface area (Å²) in [7, 11) is 0. The lowest BCUT2D eigenvalue weighted by Crippen LogP contribution is -2.54. The molecule has 0 N–H and O–H groups in total. The first kappa shape index (κ1) is 16.4. The number of hydrogen-bond donors (Lipinski definition) is 0. The van der Waals surface area contributed by atoms with Crippen molar-refractivity contribution in [1.82, 2.24) is 5.01 Å². The molecule has 0 aromatic heterocycles. The van der Waals surface area contributed by atoms with Crippen molar-refractivity contribution in [1.29, 1.82) is 0 Å². The quantitative estimate of drug-likeness (QED) is 0.578. The lowest BCUT2D eigenvalue weighted by atomic mass is 9.86. The van der Waals surface area contributed by atoms with E-state index in [4.69, 9.17) is 9.84 Å². The van der Waals surface area contributed by atoms with Gasteiger partial charge in [-0.2, -0.15) is 5.10 Å². The molecule has 2 aromatic carbocycles. The van der Waals surface area contributed by atoms with Gasteiger partial charge in [0.1, 0.15) is 5.75 Å². The number of fused-ring (bicyclic) bond motifs is 4. The molecule has 2 aliphatic heterocycles. The highest BCUT2D eigenvalue weighted by Crippen LogP contribution is 2.51. The summed E-state index contributed by atoms with van der Waals surface area (Å²) in [6.07, 6.45) is 6.78. The van der Waals surface area contributed by atoms with Crippen LogP contribution < -0.4 is 4.74 Å². The molecule has 1 fully saturated rings. The zero-order valence-corrected chi connectivity index (χ0v) is 16.6. The number of hydrogen-bond acceptors (Lipinski definition) is 3. The van der Waals surface area contributed by atoms with E-state index in [1.807, 2.05) is 0 Å². The second-order valence-electron chi connectivity index (χ2n) is 7.77. The number of hydrazone groups is 1. The largest absolute Gasteiger partial charge is 0.466 e. The minimum atomic E-state index is -0.268. The normalized spacial score (nSPS) is 23.2. The molecule has 0 saturated heterocycles. The number of benzene rings is 2. The molecular weight excluding hydrogens is 388 g/mol. The van der Waals surface area contributed by atoms with E-state index in [9.17, 15) is 0 Å². The number of ether oxygens (including phenoxy) is 1. The standard InChI is InChI=1S/C22H23BrN2O/c1-15-5-7-16(8-6-15)19-14-20-18-13-17(23)9-10-21(18)26-22(25(20)24-19)11-3-2-4-12-22/h5-10,13,20H,2-4,11-12,14H2,1H3/t20-/m0/s1. The van der Waals surface area contributed by atoms with Crippen molar-refractivity contribution in [3.05, 3.63) is 63.6 Å². The van der Waals surface area contributed by atoms with Crippen LogP contribution in [-0.2, 0) is 0 Å². The maximum absolute atomic E-state index is 6.63. The summed E-state index contributed by atoms with van der Waals surface area (Å²) in [5.74, 6) is 1.04. The number of nitrogens with zero attached hydrogens (tertiary/aromatic N) is 2. The first-order valence-electron chi connectivity index (χ1n) is 9.57. The van der Waals surface area contributed by atoms with Crippen LogP contribution in [0.3, 0.4) is 0 Å². The molecule has 1 saturated carbocycles. The van der Waals surface area contributed by atoms with Gasteiger partial charge in [-0.15, -0.1) is 0 Å². The molecule has 0 radical (unpaired) electrons. The van der Waals surface area contributed by atoms with Crippen LogP contribution in [0.5, 0.6) is 5.75 Å². The maximum Gasteiger partial charge on any atom is 0.198 e. The summed E-state index contributed by atoms with van der Waals surface area (Å²) < 4.78 is 7.73. The molecule has 0 unspecified atom stereocenters. The maximum atomic E-state index is 6.63. The Balaban J connectivity index is 1.60. The second-order valence-corrected chi connectivity index (χ2v) is 8.68. The highest BCUT2D eigenvalue weighted by atomic mass is 79.9. The first-order chi connectivity index (χ1) is 12.6. The highest BCUT2D eigenvalue weighted by Gasteiger charge is 2.50. The SMILES string of the molecule is Cc1ccc(C2=NN3[C@@H](C2)c2cc(Br)ccc2OC32CCCCC2)cc1. The molecule has 1 aliphatic carbocycles. The molecule has 2 aromatic rings. The Morgan fingerprint density at radius 3 is 2.62 bits per heavy atom. The summed E-state index contributed by atoms with van der Waals surface area (Å²) in [6, 6.07) is 15.4. The van der Waals surface area contributed by atoms with E-state index in [1.165, 1.54) is 41.7 Å². The molecule has 26 heavy (non-hydrogen) atoms. The summed E-state index contributed by atoms with van der Waals surface area (Å²) in [5.41, 5.74) is 4.67. The predicted molar refractivity (Wildman–Crippen MR) is 107 cm³/mol. The van der Waals surface area contributed by atoms with Crippen LogP contribution >= 0.6 is 15.9 Å². The van der Waals surface area contributed by atoms with E-state index < -0.39 is 0 Å². The second kappa shape index (κ2) is 6.12. The van der Waals surface area contributed by atoms with Crippen LogP contribution in [0.1, 0.15) is 61.3 Å².